The van der Waals surface area contributed by atoms with Crippen LogP contribution < -0.4 is 24.0 Å². The molecule has 0 saturated carbocycles. The van der Waals surface area contributed by atoms with Gasteiger partial charge in [0.25, 0.3) is 0 Å². The van der Waals surface area contributed by atoms with Gasteiger partial charge in [-0.3, -0.25) is 0 Å². The van der Waals surface area contributed by atoms with Gasteiger partial charge in [0.1, 0.15) is 0 Å². The molecule has 27 heavy (non-hydrogen) atoms. The summed E-state index contributed by atoms with van der Waals surface area (Å²) in [4.78, 5) is 0. The Kier molecular flexibility index (Phi) is 15.7. The van der Waals surface area contributed by atoms with Crippen LogP contribution in [0.2, 0.25) is 9.37 Å². The summed E-state index contributed by atoms with van der Waals surface area (Å²) in [6.45, 7) is 4.36. The average molecular weight is 364 g/mol. The van der Waals surface area contributed by atoms with Gasteiger partial charge in [-0.15, -0.1) is 11.9 Å². The standard InChI is InChI=1S/C14H17.C7H7O.C2H5.Al.2Li.2H/c1-2-7-14(12-8-3-4-9-12)13-10-5-6-11-13;8-6-7-4-2-1-3-5-7;1-2;;;;;/h3-6,8,10H,2,7,9,11H2,1H3;1-5H,6H2;1H2,2H3;;;;;/q;-1;;;;+1;;. The quantitative estimate of drug-likeness (QED) is 0.727. The molecule has 0 atom stereocenters. The van der Waals surface area contributed by atoms with Crippen molar-refractivity contribution in [2.24, 2.45) is 0 Å². The summed E-state index contributed by atoms with van der Waals surface area (Å²) in [7, 11) is 0. The largest absolute Gasteiger partial charge is 0.851 e. The molecule has 4 heteroatoms. The van der Waals surface area contributed by atoms with Crippen molar-refractivity contribution in [1.82, 2.24) is 0 Å². The van der Waals surface area contributed by atoms with Gasteiger partial charge in [0.05, 0.1) is 0 Å². The van der Waals surface area contributed by atoms with Gasteiger partial charge >= 0.3 is 121 Å². The summed E-state index contributed by atoms with van der Waals surface area (Å²) < 4.78 is 0.307. The SMILES string of the molecule is C[CH2][AlH2].[Li+].[Li][C](CCC)(C1=CC=CC1)C1=CC=CC1.[O-]Cc1ccccc1. The van der Waals surface area contributed by atoms with E-state index >= 15 is 0 Å². The van der Waals surface area contributed by atoms with E-state index in [1.54, 1.807) is 11.1 Å². The van der Waals surface area contributed by atoms with Gasteiger partial charge < -0.3 is 5.11 Å². The molecule has 0 unspecified atom stereocenters. The maximum atomic E-state index is 10.1. The zero-order valence-corrected chi connectivity index (χ0v) is 20.0. The molecule has 0 radical (unpaired) electrons. The van der Waals surface area contributed by atoms with Gasteiger partial charge in [-0.1, -0.05) is 42.8 Å². The predicted molar refractivity (Wildman–Crippen MR) is 116 cm³/mol. The van der Waals surface area contributed by atoms with Crippen molar-refractivity contribution in [2.45, 2.75) is 55.5 Å². The number of rotatable bonds is 5. The van der Waals surface area contributed by atoms with Crippen LogP contribution in [0, 0.1) is 0 Å². The Morgan fingerprint density at radius 2 is 1.48 bits per heavy atom. The Morgan fingerprint density at radius 3 is 1.78 bits per heavy atom. The van der Waals surface area contributed by atoms with E-state index in [1.807, 2.05) is 30.3 Å². The van der Waals surface area contributed by atoms with Crippen LogP contribution in [-0.2, 0) is 6.61 Å². The smallest absolute Gasteiger partial charge is 0.0604 e. The van der Waals surface area contributed by atoms with Crippen LogP contribution in [0.5, 0.6) is 0 Å². The molecule has 0 heterocycles. The second kappa shape index (κ2) is 15.8. The summed E-state index contributed by atoms with van der Waals surface area (Å²) in [5, 5.41) is 11.5. The minimum absolute atomic E-state index is 0. The summed E-state index contributed by atoms with van der Waals surface area (Å²) >= 11 is 3.78. The molecule has 0 bridgehead atoms. The molecule has 2 aliphatic carbocycles. The first-order valence-corrected chi connectivity index (χ1v) is 11.4. The van der Waals surface area contributed by atoms with E-state index < -0.39 is 0 Å². The van der Waals surface area contributed by atoms with Crippen LogP contribution in [0.25, 0.3) is 0 Å². The van der Waals surface area contributed by atoms with Crippen molar-refractivity contribution in [3.05, 3.63) is 83.5 Å². The molecule has 0 spiro atoms. The topological polar surface area (TPSA) is 23.1 Å². The van der Waals surface area contributed by atoms with Crippen molar-refractivity contribution in [2.75, 3.05) is 0 Å². The Labute approximate surface area is 195 Å². The molecule has 0 saturated heterocycles. The molecule has 3 rings (SSSR count). The maximum absolute atomic E-state index is 10.1. The molecule has 0 aliphatic heterocycles. The zero-order chi connectivity index (χ0) is 19.3. The van der Waals surface area contributed by atoms with Crippen LogP contribution in [0.15, 0.2) is 77.9 Å². The van der Waals surface area contributed by atoms with Crippen LogP contribution >= 0.6 is 0 Å². The predicted octanol–water partition coefficient (Wildman–Crippen LogP) is 1.49. The van der Waals surface area contributed by atoms with Crippen molar-refractivity contribution < 1.29 is 24.0 Å². The Morgan fingerprint density at radius 1 is 1.00 bits per heavy atom. The van der Waals surface area contributed by atoms with E-state index in [2.05, 4.69) is 68.0 Å². The van der Waals surface area contributed by atoms with E-state index in [0.717, 1.165) is 18.4 Å². The van der Waals surface area contributed by atoms with E-state index in [0.29, 0.717) is 4.09 Å². The molecule has 2 aliphatic rings. The number of allylic oxidation sites excluding steroid dienone is 8. The third-order valence-electron chi connectivity index (χ3n) is 4.72. The van der Waals surface area contributed by atoms with Crippen molar-refractivity contribution in [3.8, 4) is 0 Å². The fourth-order valence-corrected chi connectivity index (χ4v) is 3.31. The monoisotopic (exact) mass is 364 g/mol. The molecule has 0 fully saturated rings. The second-order valence-electron chi connectivity index (χ2n) is 7.07. The number of hydrogen-bond acceptors (Lipinski definition) is 1. The number of benzene rings is 1. The van der Waals surface area contributed by atoms with E-state index in [1.165, 1.54) is 34.4 Å². The maximum Gasteiger partial charge on any atom is -0.0604 e. The fourth-order valence-electron chi connectivity index (χ4n) is 3.31. The molecular weight excluding hydrogens is 333 g/mol. The first-order chi connectivity index (χ1) is 12.6. The zero-order valence-electron chi connectivity index (χ0n) is 18.0. The van der Waals surface area contributed by atoms with E-state index in [-0.39, 0.29) is 25.5 Å². The first kappa shape index (κ1) is 26.9. The summed E-state index contributed by atoms with van der Waals surface area (Å²) in [6.07, 6.45) is 18.4. The van der Waals surface area contributed by atoms with Crippen molar-refractivity contribution >= 4 is 34.0 Å². The Balaban J connectivity index is 0.000000478. The van der Waals surface area contributed by atoms with Gasteiger partial charge in [0, 0.05) is 0 Å². The molecule has 0 aromatic heterocycles. The minimum atomic E-state index is -0.110. The van der Waals surface area contributed by atoms with Crippen molar-refractivity contribution in [3.63, 3.8) is 0 Å². The van der Waals surface area contributed by atoms with Gasteiger partial charge in [0.15, 0.2) is 0 Å². The first-order valence-electron chi connectivity index (χ1n) is 9.96. The molecule has 134 valence electrons. The second-order valence-corrected chi connectivity index (χ2v) is 8.48. The van der Waals surface area contributed by atoms with Crippen LogP contribution in [-0.4, -0.2) is 34.0 Å². The van der Waals surface area contributed by atoms with Crippen LogP contribution in [0.4, 0.5) is 0 Å². The molecule has 0 amide bonds. The average Bonchev–Trinajstić information content (AvgIpc) is 3.38. The Bertz CT molecular complexity index is 603. The molecular formula is C23H31AlLi2O. The third-order valence-corrected chi connectivity index (χ3v) is 4.72. The normalized spacial score (nSPS) is 14.3. The van der Waals surface area contributed by atoms with Crippen LogP contribution in [0.3, 0.4) is 0 Å². The van der Waals surface area contributed by atoms with Crippen LogP contribution in [0.1, 0.15) is 45.1 Å². The summed E-state index contributed by atoms with van der Waals surface area (Å²) in [5.41, 5.74) is 4.05. The van der Waals surface area contributed by atoms with E-state index in [9.17, 15) is 5.11 Å². The van der Waals surface area contributed by atoms with Gasteiger partial charge in [0.2, 0.25) is 16.3 Å². The fraction of sp³-hybridized carbons (Fsp3) is 0.391. The molecule has 1 aromatic rings. The van der Waals surface area contributed by atoms with E-state index in [4.69, 9.17) is 0 Å². The molecule has 1 nitrogen and oxygen atoms in total. The summed E-state index contributed by atoms with van der Waals surface area (Å²) in [5.74, 6) is 0. The van der Waals surface area contributed by atoms with Gasteiger partial charge in [-0.25, -0.2) is 0 Å². The summed E-state index contributed by atoms with van der Waals surface area (Å²) in [6, 6.07) is 9.29. The number of hydrogen-bond donors (Lipinski definition) is 0. The van der Waals surface area contributed by atoms with Gasteiger partial charge in [-0.2, -0.15) is 0 Å². The van der Waals surface area contributed by atoms with Crippen molar-refractivity contribution in [1.29, 1.82) is 0 Å². The molecule has 1 aromatic carbocycles. The molecule has 0 N–H and O–H groups in total. The van der Waals surface area contributed by atoms with Gasteiger partial charge in [-0.05, 0) is 0 Å². The Hall–Kier alpha value is -0.133. The minimum Gasteiger partial charge on any atom is -0.851 e. The third kappa shape index (κ3) is 9.27.